The summed E-state index contributed by atoms with van der Waals surface area (Å²) in [6, 6.07) is -0.0830. The molecule has 2 aromatic heterocycles. The molecule has 0 aromatic carbocycles. The van der Waals surface area contributed by atoms with Crippen LogP contribution in [0.5, 0.6) is 0 Å². The Bertz CT molecular complexity index is 524. The van der Waals surface area contributed by atoms with Crippen LogP contribution >= 0.6 is 0 Å². The summed E-state index contributed by atoms with van der Waals surface area (Å²) < 4.78 is 3.55. The summed E-state index contributed by atoms with van der Waals surface area (Å²) in [5.74, 6) is 0. The zero-order valence-electron chi connectivity index (χ0n) is 10.7. The van der Waals surface area contributed by atoms with Crippen molar-refractivity contribution in [3.8, 4) is 0 Å². The van der Waals surface area contributed by atoms with Crippen molar-refractivity contribution in [3.05, 3.63) is 28.8 Å². The van der Waals surface area contributed by atoms with Gasteiger partial charge < -0.3 is 5.73 Å². The van der Waals surface area contributed by atoms with Gasteiger partial charge in [-0.2, -0.15) is 5.10 Å². The Hall–Kier alpha value is -1.69. The van der Waals surface area contributed by atoms with E-state index in [4.69, 9.17) is 5.73 Å². The maximum absolute atomic E-state index is 6.22. The molecule has 0 aliphatic rings. The second-order valence-corrected chi connectivity index (χ2v) is 4.40. The number of nitrogens with two attached hydrogens (primary N) is 1. The number of aromatic nitrogens is 5. The molecule has 92 valence electrons. The van der Waals surface area contributed by atoms with Gasteiger partial charge in [-0.15, -0.1) is 5.10 Å². The van der Waals surface area contributed by atoms with Crippen molar-refractivity contribution >= 4 is 0 Å². The van der Waals surface area contributed by atoms with Crippen molar-refractivity contribution < 1.29 is 0 Å². The molecule has 0 aliphatic carbocycles. The molecule has 2 rings (SSSR count). The lowest BCUT2D eigenvalue weighted by molar-refractivity contribution is 0.683. The first-order chi connectivity index (χ1) is 7.99. The molecule has 0 radical (unpaired) electrons. The minimum Gasteiger partial charge on any atom is -0.324 e. The molecule has 6 nitrogen and oxygen atoms in total. The van der Waals surface area contributed by atoms with Crippen LogP contribution in [0.2, 0.25) is 0 Å². The Morgan fingerprint density at radius 3 is 2.53 bits per heavy atom. The van der Waals surface area contributed by atoms with E-state index in [1.807, 2.05) is 38.8 Å². The van der Waals surface area contributed by atoms with Crippen LogP contribution in [-0.4, -0.2) is 24.8 Å². The smallest absolute Gasteiger partial charge is 0.0845 e. The Kier molecular flexibility index (Phi) is 2.97. The van der Waals surface area contributed by atoms with E-state index in [1.165, 1.54) is 0 Å². The second-order valence-electron chi connectivity index (χ2n) is 4.40. The lowest BCUT2D eigenvalue weighted by Crippen LogP contribution is -2.15. The maximum atomic E-state index is 6.22. The molecule has 0 amide bonds. The van der Waals surface area contributed by atoms with Crippen LogP contribution in [0.3, 0.4) is 0 Å². The van der Waals surface area contributed by atoms with E-state index in [2.05, 4.69) is 15.4 Å². The molecule has 1 atom stereocenters. The highest BCUT2D eigenvalue weighted by molar-refractivity contribution is 5.28. The van der Waals surface area contributed by atoms with Crippen LogP contribution in [0.1, 0.15) is 28.7 Å². The first-order valence-electron chi connectivity index (χ1n) is 5.60. The third kappa shape index (κ3) is 2.21. The third-order valence-corrected chi connectivity index (χ3v) is 3.01. The molecule has 0 saturated carbocycles. The lowest BCUT2D eigenvalue weighted by atomic mass is 10.0. The zero-order valence-corrected chi connectivity index (χ0v) is 10.7. The van der Waals surface area contributed by atoms with Gasteiger partial charge in [-0.25, -0.2) is 0 Å². The van der Waals surface area contributed by atoms with Gasteiger partial charge in [-0.1, -0.05) is 5.21 Å². The second kappa shape index (κ2) is 4.29. The normalized spacial score (nSPS) is 13.0. The first-order valence-corrected chi connectivity index (χ1v) is 5.60. The van der Waals surface area contributed by atoms with Gasteiger partial charge in [0.15, 0.2) is 0 Å². The van der Waals surface area contributed by atoms with Gasteiger partial charge >= 0.3 is 0 Å². The van der Waals surface area contributed by atoms with Gasteiger partial charge in [-0.05, 0) is 13.8 Å². The van der Waals surface area contributed by atoms with E-state index < -0.39 is 0 Å². The standard InChI is InChI=1S/C11H18N6/c1-7-11(8(2)17(4)14-7)10(12)5-9-6-16(3)15-13-9/h6,10H,5,12H2,1-4H3. The molecular formula is C11H18N6. The molecule has 2 N–H and O–H groups in total. The summed E-state index contributed by atoms with van der Waals surface area (Å²) in [6.45, 7) is 4.02. The van der Waals surface area contributed by atoms with Crippen molar-refractivity contribution in [2.75, 3.05) is 0 Å². The molecule has 1 unspecified atom stereocenters. The van der Waals surface area contributed by atoms with E-state index in [0.717, 1.165) is 22.6 Å². The molecule has 0 fully saturated rings. The number of hydrogen-bond acceptors (Lipinski definition) is 4. The van der Waals surface area contributed by atoms with Gasteiger partial charge in [0.1, 0.15) is 0 Å². The molecule has 0 bridgehead atoms. The Morgan fingerprint density at radius 1 is 1.35 bits per heavy atom. The van der Waals surface area contributed by atoms with Crippen molar-refractivity contribution in [1.29, 1.82) is 0 Å². The zero-order chi connectivity index (χ0) is 12.6. The Labute approximate surface area is 100 Å². The average Bonchev–Trinajstić information content (AvgIpc) is 2.73. The topological polar surface area (TPSA) is 74.6 Å². The maximum Gasteiger partial charge on any atom is 0.0845 e. The minimum atomic E-state index is -0.0830. The predicted molar refractivity (Wildman–Crippen MR) is 64.3 cm³/mol. The van der Waals surface area contributed by atoms with Crippen LogP contribution in [-0.2, 0) is 20.5 Å². The Morgan fingerprint density at radius 2 is 2.06 bits per heavy atom. The fraction of sp³-hybridized carbons (Fsp3) is 0.545. The first kappa shape index (κ1) is 11.8. The molecule has 0 saturated heterocycles. The molecule has 17 heavy (non-hydrogen) atoms. The van der Waals surface area contributed by atoms with Crippen molar-refractivity contribution in [2.45, 2.75) is 26.3 Å². The summed E-state index contributed by atoms with van der Waals surface area (Å²) >= 11 is 0. The van der Waals surface area contributed by atoms with E-state index in [-0.39, 0.29) is 6.04 Å². The largest absolute Gasteiger partial charge is 0.324 e. The summed E-state index contributed by atoms with van der Waals surface area (Å²) in [4.78, 5) is 0. The highest BCUT2D eigenvalue weighted by Crippen LogP contribution is 2.21. The van der Waals surface area contributed by atoms with E-state index in [1.54, 1.807) is 4.68 Å². The quantitative estimate of drug-likeness (QED) is 0.834. The Balaban J connectivity index is 2.22. The highest BCUT2D eigenvalue weighted by Gasteiger charge is 2.18. The van der Waals surface area contributed by atoms with Gasteiger partial charge in [0.05, 0.1) is 11.4 Å². The number of hydrogen-bond donors (Lipinski definition) is 1. The number of rotatable bonds is 3. The third-order valence-electron chi connectivity index (χ3n) is 3.01. The van der Waals surface area contributed by atoms with Crippen molar-refractivity contribution in [2.24, 2.45) is 19.8 Å². The summed E-state index contributed by atoms with van der Waals surface area (Å²) in [5.41, 5.74) is 10.3. The van der Waals surface area contributed by atoms with Gasteiger partial charge in [-0.3, -0.25) is 9.36 Å². The van der Waals surface area contributed by atoms with E-state index >= 15 is 0 Å². The fourth-order valence-corrected chi connectivity index (χ4v) is 2.14. The van der Waals surface area contributed by atoms with Gasteiger partial charge in [0, 0.05) is 44.0 Å². The van der Waals surface area contributed by atoms with Crippen molar-refractivity contribution in [3.63, 3.8) is 0 Å². The monoisotopic (exact) mass is 234 g/mol. The average molecular weight is 234 g/mol. The molecule has 0 aliphatic heterocycles. The minimum absolute atomic E-state index is 0.0830. The van der Waals surface area contributed by atoms with E-state index in [9.17, 15) is 0 Å². The molecule has 2 aromatic rings. The van der Waals surface area contributed by atoms with Crippen LogP contribution < -0.4 is 5.73 Å². The van der Waals surface area contributed by atoms with Crippen LogP contribution in [0.4, 0.5) is 0 Å². The summed E-state index contributed by atoms with van der Waals surface area (Å²) in [6.07, 6.45) is 2.57. The van der Waals surface area contributed by atoms with Crippen LogP contribution in [0, 0.1) is 13.8 Å². The van der Waals surface area contributed by atoms with Gasteiger partial charge in [0.25, 0.3) is 0 Å². The summed E-state index contributed by atoms with van der Waals surface area (Å²) in [7, 11) is 3.78. The molecule has 2 heterocycles. The fourth-order valence-electron chi connectivity index (χ4n) is 2.14. The highest BCUT2D eigenvalue weighted by atomic mass is 15.4. The molecule has 6 heteroatoms. The van der Waals surface area contributed by atoms with Crippen molar-refractivity contribution in [1.82, 2.24) is 24.8 Å². The summed E-state index contributed by atoms with van der Waals surface area (Å²) in [5, 5.41) is 12.3. The SMILES string of the molecule is Cc1nn(C)c(C)c1C(N)Cc1cn(C)nn1. The molecule has 0 spiro atoms. The van der Waals surface area contributed by atoms with Gasteiger partial charge in [0.2, 0.25) is 0 Å². The van der Waals surface area contributed by atoms with Crippen LogP contribution in [0.25, 0.3) is 0 Å². The lowest BCUT2D eigenvalue weighted by Gasteiger charge is -2.10. The number of nitrogens with zero attached hydrogens (tertiary/aromatic N) is 5. The molecular weight excluding hydrogens is 216 g/mol. The van der Waals surface area contributed by atoms with Crippen LogP contribution in [0.15, 0.2) is 6.20 Å². The van der Waals surface area contributed by atoms with E-state index in [0.29, 0.717) is 6.42 Å². The number of aryl methyl sites for hydroxylation is 3. The predicted octanol–water partition coefficient (Wildman–Crippen LogP) is 0.408.